The zero-order chi connectivity index (χ0) is 26.5. The maximum absolute atomic E-state index is 12.9. The van der Waals surface area contributed by atoms with Gasteiger partial charge in [-0.2, -0.15) is 24.4 Å². The maximum atomic E-state index is 12.9. The molecule has 10 nitrogen and oxygen atoms in total. The normalized spacial score (nSPS) is 14.5. The van der Waals surface area contributed by atoms with Crippen molar-refractivity contribution in [3.63, 3.8) is 0 Å². The molecule has 1 rings (SSSR count). The summed E-state index contributed by atoms with van der Waals surface area (Å²) in [5.41, 5.74) is 6.71. The van der Waals surface area contributed by atoms with Crippen molar-refractivity contribution in [3.8, 4) is 5.75 Å². The summed E-state index contributed by atoms with van der Waals surface area (Å²) in [4.78, 5) is 49.7. The first-order chi connectivity index (χ1) is 16.5. The summed E-state index contributed by atoms with van der Waals surface area (Å²) in [7, 11) is 0. The van der Waals surface area contributed by atoms with Crippen LogP contribution in [0.1, 0.15) is 32.3 Å². The van der Waals surface area contributed by atoms with E-state index in [1.165, 1.54) is 23.9 Å². The van der Waals surface area contributed by atoms with Gasteiger partial charge >= 0.3 is 5.97 Å². The highest BCUT2D eigenvalue weighted by Gasteiger charge is 2.30. The van der Waals surface area contributed by atoms with Gasteiger partial charge in [-0.05, 0) is 54.9 Å². The van der Waals surface area contributed by atoms with Crippen molar-refractivity contribution in [2.24, 2.45) is 11.7 Å². The SMILES string of the molecule is CSCCC(NC(=O)C(CS)NC(=O)C(N)Cc1ccc(O)cc1)C(=O)NC(CC(C)C)C(=O)O. The fourth-order valence-electron chi connectivity index (χ4n) is 3.19. The van der Waals surface area contributed by atoms with E-state index in [0.717, 1.165) is 5.56 Å². The monoisotopic (exact) mass is 528 g/mol. The fourth-order valence-corrected chi connectivity index (χ4v) is 3.92. The number of carbonyl (C=O) groups excluding carboxylic acids is 3. The lowest BCUT2D eigenvalue weighted by Gasteiger charge is -2.25. The molecule has 0 aromatic heterocycles. The smallest absolute Gasteiger partial charge is 0.326 e. The molecule has 0 spiro atoms. The summed E-state index contributed by atoms with van der Waals surface area (Å²) in [6, 6.07) is 2.21. The minimum absolute atomic E-state index is 0.0362. The number of carboxylic acids is 1. The summed E-state index contributed by atoms with van der Waals surface area (Å²) in [5, 5.41) is 26.5. The predicted molar refractivity (Wildman–Crippen MR) is 140 cm³/mol. The van der Waals surface area contributed by atoms with Crippen LogP contribution in [0.5, 0.6) is 5.75 Å². The Morgan fingerprint density at radius 3 is 2.03 bits per heavy atom. The number of nitrogens with two attached hydrogens (primary N) is 1. The van der Waals surface area contributed by atoms with Crippen LogP contribution < -0.4 is 21.7 Å². The van der Waals surface area contributed by atoms with E-state index in [4.69, 9.17) is 5.73 Å². The molecular formula is C23H36N4O6S2. The van der Waals surface area contributed by atoms with Crippen molar-refractivity contribution in [1.82, 2.24) is 16.0 Å². The summed E-state index contributed by atoms with van der Waals surface area (Å²) >= 11 is 5.62. The van der Waals surface area contributed by atoms with Gasteiger partial charge < -0.3 is 31.9 Å². The summed E-state index contributed by atoms with van der Waals surface area (Å²) < 4.78 is 0. The Bertz CT molecular complexity index is 853. The first-order valence-corrected chi connectivity index (χ1v) is 13.3. The number of carboxylic acid groups (broad SMARTS) is 1. The van der Waals surface area contributed by atoms with E-state index in [1.54, 1.807) is 12.1 Å². The lowest BCUT2D eigenvalue weighted by molar-refractivity contribution is -0.142. The Morgan fingerprint density at radius 1 is 0.971 bits per heavy atom. The molecule has 0 fully saturated rings. The average Bonchev–Trinajstić information content (AvgIpc) is 2.80. The van der Waals surface area contributed by atoms with Gasteiger partial charge in [0, 0.05) is 5.75 Å². The standard InChI is InChI=1S/C23H36N4O6S2/c1-13(2)10-18(23(32)33)26-21(30)17(8-9-35-3)25-22(31)19(12-34)27-20(29)16(24)11-14-4-6-15(28)7-5-14/h4-7,13,16-19,28,34H,8-12,24H2,1-3H3,(H,25,31)(H,26,30)(H,27,29)(H,32,33). The van der Waals surface area contributed by atoms with Gasteiger partial charge in [-0.15, -0.1) is 0 Å². The van der Waals surface area contributed by atoms with Crippen LogP contribution in [0.25, 0.3) is 0 Å². The van der Waals surface area contributed by atoms with Crippen LogP contribution >= 0.6 is 24.4 Å². The highest BCUT2D eigenvalue weighted by molar-refractivity contribution is 7.98. The number of rotatable bonds is 15. The Labute approximate surface area is 215 Å². The molecule has 1 aromatic rings. The number of hydrogen-bond donors (Lipinski definition) is 7. The zero-order valence-corrected chi connectivity index (χ0v) is 21.9. The molecule has 0 radical (unpaired) electrons. The zero-order valence-electron chi connectivity index (χ0n) is 20.2. The van der Waals surface area contributed by atoms with Crippen LogP contribution in [0.3, 0.4) is 0 Å². The third-order valence-electron chi connectivity index (χ3n) is 5.11. The first kappa shape index (κ1) is 30.6. The Balaban J connectivity index is 2.81. The number of thioether (sulfide) groups is 1. The highest BCUT2D eigenvalue weighted by atomic mass is 32.2. The largest absolute Gasteiger partial charge is 0.508 e. The molecule has 0 bridgehead atoms. The van der Waals surface area contributed by atoms with Crippen LogP contribution in [0.4, 0.5) is 0 Å². The van der Waals surface area contributed by atoms with Gasteiger partial charge in [0.2, 0.25) is 17.7 Å². The van der Waals surface area contributed by atoms with Crippen LogP contribution in [0, 0.1) is 5.92 Å². The summed E-state index contributed by atoms with van der Waals surface area (Å²) in [5.74, 6) is -2.29. The molecule has 4 unspecified atom stereocenters. The third-order valence-corrected chi connectivity index (χ3v) is 6.12. The lowest BCUT2D eigenvalue weighted by Crippen LogP contribution is -2.58. The summed E-state index contributed by atoms with van der Waals surface area (Å²) in [6.07, 6.45) is 2.57. The molecule has 0 saturated carbocycles. The number of benzene rings is 1. The molecule has 0 aliphatic carbocycles. The minimum Gasteiger partial charge on any atom is -0.508 e. The molecule has 0 saturated heterocycles. The van der Waals surface area contributed by atoms with Gasteiger partial charge in [0.05, 0.1) is 6.04 Å². The highest BCUT2D eigenvalue weighted by Crippen LogP contribution is 2.11. The quantitative estimate of drug-likeness (QED) is 0.162. The number of thiol groups is 1. The van der Waals surface area contributed by atoms with Gasteiger partial charge in [0.1, 0.15) is 23.9 Å². The fraction of sp³-hybridized carbons (Fsp3) is 0.565. The molecule has 3 amide bonds. The van der Waals surface area contributed by atoms with Gasteiger partial charge in [-0.1, -0.05) is 26.0 Å². The van der Waals surface area contributed by atoms with Crippen LogP contribution in [-0.2, 0) is 25.6 Å². The number of carbonyl (C=O) groups is 4. The van der Waals surface area contributed by atoms with E-state index in [-0.39, 0.29) is 36.7 Å². The molecular weight excluding hydrogens is 492 g/mol. The second kappa shape index (κ2) is 15.5. The van der Waals surface area contributed by atoms with Gasteiger partial charge in [0.15, 0.2) is 0 Å². The maximum Gasteiger partial charge on any atom is 0.326 e. The number of nitrogens with one attached hydrogen (secondary N) is 3. The predicted octanol–water partition coefficient (Wildman–Crippen LogP) is 0.530. The molecule has 0 aliphatic rings. The van der Waals surface area contributed by atoms with E-state index in [0.29, 0.717) is 5.75 Å². The average molecular weight is 529 g/mol. The Kier molecular flexibility index (Phi) is 13.6. The second-order valence-electron chi connectivity index (χ2n) is 8.59. The third kappa shape index (κ3) is 11.2. The number of aliphatic carboxylic acids is 1. The van der Waals surface area contributed by atoms with Gasteiger partial charge in [0.25, 0.3) is 0 Å². The molecule has 12 heteroatoms. The van der Waals surface area contributed by atoms with Crippen molar-refractivity contribution < 1.29 is 29.4 Å². The van der Waals surface area contributed by atoms with Crippen molar-refractivity contribution in [2.75, 3.05) is 17.8 Å². The van der Waals surface area contributed by atoms with E-state index < -0.39 is 47.9 Å². The number of amides is 3. The number of aromatic hydroxyl groups is 1. The molecule has 7 N–H and O–H groups in total. The number of hydrogen-bond acceptors (Lipinski definition) is 8. The van der Waals surface area contributed by atoms with Crippen molar-refractivity contribution in [2.45, 2.75) is 57.3 Å². The van der Waals surface area contributed by atoms with Gasteiger partial charge in [-0.3, -0.25) is 14.4 Å². The first-order valence-electron chi connectivity index (χ1n) is 11.3. The second-order valence-corrected chi connectivity index (χ2v) is 9.94. The number of phenols is 1. The molecule has 4 atom stereocenters. The molecule has 35 heavy (non-hydrogen) atoms. The summed E-state index contributed by atoms with van der Waals surface area (Å²) in [6.45, 7) is 3.70. The van der Waals surface area contributed by atoms with E-state index in [2.05, 4.69) is 28.6 Å². The van der Waals surface area contributed by atoms with Crippen molar-refractivity contribution in [3.05, 3.63) is 29.8 Å². The van der Waals surface area contributed by atoms with E-state index in [1.807, 2.05) is 20.1 Å². The lowest BCUT2D eigenvalue weighted by atomic mass is 10.0. The van der Waals surface area contributed by atoms with E-state index >= 15 is 0 Å². The Hall–Kier alpha value is -2.44. The molecule has 0 heterocycles. The van der Waals surface area contributed by atoms with Crippen molar-refractivity contribution >= 4 is 48.1 Å². The van der Waals surface area contributed by atoms with Crippen LogP contribution in [-0.4, -0.2) is 75.8 Å². The van der Waals surface area contributed by atoms with E-state index in [9.17, 15) is 29.4 Å². The molecule has 0 aliphatic heterocycles. The number of phenolic OH excluding ortho intramolecular Hbond substituents is 1. The topological polar surface area (TPSA) is 171 Å². The van der Waals surface area contributed by atoms with Crippen LogP contribution in [0.15, 0.2) is 24.3 Å². The Morgan fingerprint density at radius 2 is 1.51 bits per heavy atom. The molecule has 196 valence electrons. The minimum atomic E-state index is -1.15. The van der Waals surface area contributed by atoms with Gasteiger partial charge in [-0.25, -0.2) is 4.79 Å². The molecule has 1 aromatic carbocycles. The van der Waals surface area contributed by atoms with Crippen LogP contribution in [0.2, 0.25) is 0 Å². The van der Waals surface area contributed by atoms with Crippen molar-refractivity contribution in [1.29, 1.82) is 0 Å².